The minimum atomic E-state index is 0.158. The summed E-state index contributed by atoms with van der Waals surface area (Å²) in [5.41, 5.74) is 11.6. The summed E-state index contributed by atoms with van der Waals surface area (Å²) in [6, 6.07) is 18.1. The summed E-state index contributed by atoms with van der Waals surface area (Å²) in [6.45, 7) is 0. The Morgan fingerprint density at radius 2 is 1.40 bits per heavy atom. The van der Waals surface area contributed by atoms with E-state index < -0.39 is 0 Å². The van der Waals surface area contributed by atoms with Crippen molar-refractivity contribution >= 4 is 28.7 Å². The molecule has 206 valence electrons. The van der Waals surface area contributed by atoms with Crippen molar-refractivity contribution in [2.75, 3.05) is 19.0 Å². The Morgan fingerprint density at radius 1 is 0.750 bits per heavy atom. The smallest absolute Gasteiger partial charge is 0.209 e. The van der Waals surface area contributed by atoms with E-state index in [9.17, 15) is 0 Å². The van der Waals surface area contributed by atoms with Gasteiger partial charge in [0, 0.05) is 46.6 Å². The lowest BCUT2D eigenvalue weighted by molar-refractivity contribution is -0.401. The molecule has 3 aliphatic carbocycles. The van der Waals surface area contributed by atoms with E-state index in [1.165, 1.54) is 109 Å². The number of benzene rings is 2. The van der Waals surface area contributed by atoms with E-state index in [1.807, 2.05) is 0 Å². The predicted molar refractivity (Wildman–Crippen MR) is 169 cm³/mol. The second kappa shape index (κ2) is 10.2. The average Bonchev–Trinajstić information content (AvgIpc) is 3.54. The van der Waals surface area contributed by atoms with E-state index in [4.69, 9.17) is 11.6 Å². The third kappa shape index (κ3) is 3.93. The molecule has 7 rings (SSSR count). The molecule has 2 aromatic rings. The molecule has 3 heteroatoms. The number of fused-ring (bicyclic) bond motifs is 4. The number of rotatable bonds is 3. The summed E-state index contributed by atoms with van der Waals surface area (Å²) in [6.07, 6.45) is 24.5. The second-order valence-corrected chi connectivity index (χ2v) is 13.1. The fourth-order valence-corrected chi connectivity index (χ4v) is 9.11. The highest BCUT2D eigenvalue weighted by molar-refractivity contribution is 6.33. The molecule has 2 aliphatic heterocycles. The number of allylic oxidation sites excluding steroid dienone is 8. The highest BCUT2D eigenvalue weighted by atomic mass is 35.5. The van der Waals surface area contributed by atoms with Gasteiger partial charge < -0.3 is 4.90 Å². The highest BCUT2D eigenvalue weighted by Crippen LogP contribution is 2.55. The standard InChI is InChI=1S/C37H42ClN2/c1-39-31-15-7-5-13-29(31)36(23-9-3-10-24-36)33(39)21-19-27-17-18-28(35(27)38)20-22-34-37(25-11-4-12-26-37)30-14-6-8-16-32(30)40(34)2/h5-8,13-16,19-22H,3-4,9-12,17-18,23-26H2,1-2H3/q+1. The fraction of sp³-hybridized carbons (Fsp3) is 0.432. The molecule has 2 saturated carbocycles. The lowest BCUT2D eigenvalue weighted by Crippen LogP contribution is -2.36. The molecule has 0 radical (unpaired) electrons. The lowest BCUT2D eigenvalue weighted by Gasteiger charge is -2.36. The first-order valence-corrected chi connectivity index (χ1v) is 16.0. The summed E-state index contributed by atoms with van der Waals surface area (Å²) in [5.74, 6) is 0. The molecule has 0 unspecified atom stereocenters. The van der Waals surface area contributed by atoms with Gasteiger partial charge in [0.25, 0.3) is 0 Å². The van der Waals surface area contributed by atoms with Crippen LogP contribution in [0.15, 0.2) is 94.7 Å². The van der Waals surface area contributed by atoms with E-state index in [2.05, 4.69) is 96.4 Å². The molecule has 0 saturated heterocycles. The quantitative estimate of drug-likeness (QED) is 0.345. The first-order valence-electron chi connectivity index (χ1n) is 15.6. The van der Waals surface area contributed by atoms with Gasteiger partial charge in [0.1, 0.15) is 7.05 Å². The molecule has 0 N–H and O–H groups in total. The molecule has 0 bridgehead atoms. The zero-order valence-electron chi connectivity index (χ0n) is 24.2. The molecular weight excluding hydrogens is 508 g/mol. The topological polar surface area (TPSA) is 6.25 Å². The number of para-hydroxylation sites is 2. The van der Waals surface area contributed by atoms with Crippen molar-refractivity contribution < 1.29 is 4.58 Å². The van der Waals surface area contributed by atoms with Crippen molar-refractivity contribution in [3.8, 4) is 0 Å². The molecule has 0 aromatic heterocycles. The molecular formula is C37H42ClN2+. The monoisotopic (exact) mass is 549 g/mol. The minimum absolute atomic E-state index is 0.158. The normalized spacial score (nSPS) is 25.3. The van der Waals surface area contributed by atoms with Crippen LogP contribution in [0.25, 0.3) is 0 Å². The fourth-order valence-electron chi connectivity index (χ4n) is 8.79. The van der Waals surface area contributed by atoms with Gasteiger partial charge in [-0.15, -0.1) is 0 Å². The number of anilines is 1. The maximum Gasteiger partial charge on any atom is 0.209 e. The van der Waals surface area contributed by atoms with Crippen LogP contribution in [-0.4, -0.2) is 24.4 Å². The Labute approximate surface area is 245 Å². The van der Waals surface area contributed by atoms with Crippen LogP contribution < -0.4 is 4.90 Å². The molecule has 40 heavy (non-hydrogen) atoms. The van der Waals surface area contributed by atoms with Gasteiger partial charge in [-0.25, -0.2) is 0 Å². The molecule has 0 amide bonds. The van der Waals surface area contributed by atoms with Crippen LogP contribution in [0.3, 0.4) is 0 Å². The maximum absolute atomic E-state index is 7.12. The Morgan fingerprint density at radius 3 is 2.15 bits per heavy atom. The summed E-state index contributed by atoms with van der Waals surface area (Å²) in [5, 5.41) is 0.959. The van der Waals surface area contributed by atoms with Gasteiger partial charge in [-0.2, -0.15) is 4.58 Å². The van der Waals surface area contributed by atoms with Crippen LogP contribution in [0.1, 0.15) is 88.2 Å². The number of likely N-dealkylation sites (N-methyl/N-ethyl adjacent to an activating group) is 1. The van der Waals surface area contributed by atoms with Gasteiger partial charge in [0.15, 0.2) is 5.71 Å². The Balaban J connectivity index is 1.20. The van der Waals surface area contributed by atoms with Crippen molar-refractivity contribution in [2.24, 2.45) is 0 Å². The van der Waals surface area contributed by atoms with Crippen molar-refractivity contribution in [1.82, 2.24) is 0 Å². The largest absolute Gasteiger partial charge is 0.347 e. The third-order valence-corrected chi connectivity index (χ3v) is 11.3. The Hall–Kier alpha value is -2.84. The van der Waals surface area contributed by atoms with Crippen LogP contribution in [0.2, 0.25) is 0 Å². The van der Waals surface area contributed by atoms with E-state index >= 15 is 0 Å². The average molecular weight is 550 g/mol. The highest BCUT2D eigenvalue weighted by Gasteiger charge is 2.50. The second-order valence-electron chi connectivity index (χ2n) is 12.7. The molecule has 2 nitrogen and oxygen atoms in total. The Kier molecular flexibility index (Phi) is 6.66. The van der Waals surface area contributed by atoms with Crippen molar-refractivity contribution in [3.63, 3.8) is 0 Å². The first kappa shape index (κ1) is 26.1. The van der Waals surface area contributed by atoms with E-state index in [0.29, 0.717) is 0 Å². The molecule has 5 aliphatic rings. The van der Waals surface area contributed by atoms with Crippen LogP contribution >= 0.6 is 11.6 Å². The maximum atomic E-state index is 7.12. The van der Waals surface area contributed by atoms with Crippen LogP contribution in [-0.2, 0) is 10.8 Å². The number of halogens is 1. The molecule has 2 heterocycles. The predicted octanol–water partition coefficient (Wildman–Crippen LogP) is 9.62. The van der Waals surface area contributed by atoms with Gasteiger partial charge in [-0.3, -0.25) is 0 Å². The number of hydrogen-bond acceptors (Lipinski definition) is 1. The van der Waals surface area contributed by atoms with Gasteiger partial charge in [0.2, 0.25) is 5.69 Å². The SMILES string of the molecule is CN1C(=CC=C2CCC(C=CC3=[N+](C)c4ccccc4C34CCCCC4)=C2Cl)C2(CCCCC2)c2ccccc21. The van der Waals surface area contributed by atoms with Crippen molar-refractivity contribution in [2.45, 2.75) is 87.9 Å². The van der Waals surface area contributed by atoms with Crippen LogP contribution in [0.5, 0.6) is 0 Å². The van der Waals surface area contributed by atoms with Crippen molar-refractivity contribution in [1.29, 1.82) is 0 Å². The lowest BCUT2D eigenvalue weighted by atomic mass is 9.67. The minimum Gasteiger partial charge on any atom is -0.347 e. The number of hydrogen-bond donors (Lipinski definition) is 0. The van der Waals surface area contributed by atoms with Gasteiger partial charge in [-0.1, -0.05) is 98.7 Å². The van der Waals surface area contributed by atoms with Crippen molar-refractivity contribution in [3.05, 3.63) is 106 Å². The Bertz CT molecular complexity index is 1490. The van der Waals surface area contributed by atoms with Gasteiger partial charge in [0.05, 0.1) is 5.41 Å². The zero-order chi connectivity index (χ0) is 27.3. The number of nitrogens with zero attached hydrogens (tertiary/aromatic N) is 2. The van der Waals surface area contributed by atoms with Crippen LogP contribution in [0.4, 0.5) is 11.4 Å². The summed E-state index contributed by atoms with van der Waals surface area (Å²) in [4.78, 5) is 2.44. The summed E-state index contributed by atoms with van der Waals surface area (Å²) in [7, 11) is 4.50. The molecule has 2 spiro atoms. The summed E-state index contributed by atoms with van der Waals surface area (Å²) < 4.78 is 2.44. The molecule has 0 atom stereocenters. The third-order valence-electron chi connectivity index (χ3n) is 10.8. The van der Waals surface area contributed by atoms with Crippen LogP contribution in [0, 0.1) is 0 Å². The first-order chi connectivity index (χ1) is 19.6. The van der Waals surface area contributed by atoms with E-state index in [-0.39, 0.29) is 10.8 Å². The zero-order valence-corrected chi connectivity index (χ0v) is 24.9. The molecule has 2 aromatic carbocycles. The summed E-state index contributed by atoms with van der Waals surface area (Å²) >= 11 is 7.12. The molecule has 2 fully saturated rings. The van der Waals surface area contributed by atoms with E-state index in [0.717, 1.165) is 17.9 Å². The van der Waals surface area contributed by atoms with Gasteiger partial charge >= 0.3 is 0 Å². The van der Waals surface area contributed by atoms with E-state index in [1.54, 1.807) is 0 Å². The van der Waals surface area contributed by atoms with Gasteiger partial charge in [-0.05, 0) is 67.4 Å².